The van der Waals surface area contributed by atoms with Gasteiger partial charge in [-0.2, -0.15) is 5.11 Å². The zero-order chi connectivity index (χ0) is 21.3. The summed E-state index contributed by atoms with van der Waals surface area (Å²) in [6.45, 7) is 0.273. The Labute approximate surface area is 177 Å². The van der Waals surface area contributed by atoms with E-state index in [2.05, 4.69) is 10.3 Å². The number of carbonyl (C=O) groups excluding carboxylic acids is 2. The molecule has 0 unspecified atom stereocenters. The number of hydrogen-bond acceptors (Lipinski definition) is 7. The van der Waals surface area contributed by atoms with Gasteiger partial charge in [0.15, 0.2) is 0 Å². The number of imide groups is 1. The van der Waals surface area contributed by atoms with E-state index in [9.17, 15) is 19.7 Å². The molecule has 6 atom stereocenters. The number of anilines is 1. The molecule has 2 aromatic carbocycles. The first-order valence-electron chi connectivity index (χ1n) is 10.4. The zero-order valence-corrected chi connectivity index (χ0v) is 16.4. The average Bonchev–Trinajstić information content (AvgIpc) is 3.51. The van der Waals surface area contributed by atoms with Crippen LogP contribution in [0.4, 0.5) is 11.4 Å². The van der Waals surface area contributed by atoms with Gasteiger partial charge in [0.1, 0.15) is 5.69 Å². The van der Waals surface area contributed by atoms with E-state index in [0.717, 1.165) is 12.0 Å². The number of fused-ring (bicyclic) bond motifs is 8. The number of amides is 2. The maximum atomic E-state index is 13.3. The number of benzene rings is 2. The summed E-state index contributed by atoms with van der Waals surface area (Å²) in [6, 6.07) is 15.5. The largest absolute Gasteiger partial charge is 0.294 e. The van der Waals surface area contributed by atoms with E-state index in [0.29, 0.717) is 5.69 Å². The molecular formula is C22H19N5O4. The van der Waals surface area contributed by atoms with Crippen molar-refractivity contribution in [2.45, 2.75) is 25.0 Å². The zero-order valence-electron chi connectivity index (χ0n) is 16.4. The monoisotopic (exact) mass is 417 g/mol. The van der Waals surface area contributed by atoms with Crippen molar-refractivity contribution in [2.24, 2.45) is 34.0 Å². The van der Waals surface area contributed by atoms with Crippen LogP contribution >= 0.6 is 0 Å². The molecule has 2 aromatic rings. The van der Waals surface area contributed by atoms with Gasteiger partial charge in [-0.15, -0.1) is 0 Å². The summed E-state index contributed by atoms with van der Waals surface area (Å²) in [7, 11) is 0. The van der Waals surface area contributed by atoms with Crippen molar-refractivity contribution in [3.63, 3.8) is 0 Å². The van der Waals surface area contributed by atoms with Crippen LogP contribution in [0.5, 0.6) is 0 Å². The predicted octanol–water partition coefficient (Wildman–Crippen LogP) is 2.97. The Balaban J connectivity index is 1.32. The van der Waals surface area contributed by atoms with Gasteiger partial charge in [0.05, 0.1) is 35.4 Å². The van der Waals surface area contributed by atoms with E-state index in [4.69, 9.17) is 0 Å². The van der Waals surface area contributed by atoms with Crippen molar-refractivity contribution < 1.29 is 14.5 Å². The molecule has 3 fully saturated rings. The summed E-state index contributed by atoms with van der Waals surface area (Å²) in [6.07, 6.45) is 0.720. The Morgan fingerprint density at radius 2 is 1.65 bits per heavy atom. The SMILES string of the molecule is O=C1[C@@H]2[C@H]3C[C@@H]([C@@H]2C(=O)N1Cc1ccccc1)[C@H]1[C@H]3N=NN1c1ccccc1[N+](=O)[O-]. The van der Waals surface area contributed by atoms with Crippen LogP contribution in [0, 0.1) is 33.8 Å². The third-order valence-corrected chi connectivity index (χ3v) is 7.26. The lowest BCUT2D eigenvalue weighted by Gasteiger charge is -2.33. The van der Waals surface area contributed by atoms with Gasteiger partial charge < -0.3 is 0 Å². The molecule has 2 amide bonds. The van der Waals surface area contributed by atoms with E-state index in [1.807, 2.05) is 30.3 Å². The average molecular weight is 417 g/mol. The van der Waals surface area contributed by atoms with Gasteiger partial charge >= 0.3 is 0 Å². The van der Waals surface area contributed by atoms with Gasteiger partial charge in [-0.25, -0.2) is 5.01 Å². The van der Waals surface area contributed by atoms with E-state index in [1.165, 1.54) is 11.0 Å². The molecule has 9 heteroatoms. The number of nitro groups is 1. The highest BCUT2D eigenvalue weighted by Gasteiger charge is 2.70. The Bertz CT molecular complexity index is 1140. The van der Waals surface area contributed by atoms with Crippen molar-refractivity contribution in [1.29, 1.82) is 0 Å². The van der Waals surface area contributed by atoms with Crippen LogP contribution in [0.2, 0.25) is 0 Å². The van der Waals surface area contributed by atoms with Crippen molar-refractivity contribution in [2.75, 3.05) is 5.01 Å². The van der Waals surface area contributed by atoms with Crippen LogP contribution in [0.25, 0.3) is 0 Å². The molecule has 2 bridgehead atoms. The highest BCUT2D eigenvalue weighted by atomic mass is 16.6. The number of likely N-dealkylation sites (tertiary alicyclic amines) is 1. The van der Waals surface area contributed by atoms with Gasteiger partial charge in [-0.1, -0.05) is 47.7 Å². The molecule has 2 heterocycles. The van der Waals surface area contributed by atoms with Crippen LogP contribution in [0.1, 0.15) is 12.0 Å². The maximum absolute atomic E-state index is 13.3. The van der Waals surface area contributed by atoms with Crippen LogP contribution in [0.15, 0.2) is 64.9 Å². The molecule has 0 aromatic heterocycles. The van der Waals surface area contributed by atoms with Crippen molar-refractivity contribution in [3.8, 4) is 0 Å². The lowest BCUT2D eigenvalue weighted by molar-refractivity contribution is -0.384. The Kier molecular flexibility index (Phi) is 3.77. The van der Waals surface area contributed by atoms with Gasteiger partial charge in [0, 0.05) is 6.07 Å². The molecule has 0 radical (unpaired) electrons. The summed E-state index contributed by atoms with van der Waals surface area (Å²) in [5.41, 5.74) is 1.25. The van der Waals surface area contributed by atoms with E-state index in [-0.39, 0.29) is 53.9 Å². The number of para-hydroxylation sites is 2. The summed E-state index contributed by atoms with van der Waals surface area (Å²) in [5, 5.41) is 21.8. The topological polar surface area (TPSA) is 108 Å². The number of carbonyl (C=O) groups is 2. The molecular weight excluding hydrogens is 398 g/mol. The van der Waals surface area contributed by atoms with Gasteiger partial charge in [0.25, 0.3) is 5.69 Å². The third-order valence-electron chi connectivity index (χ3n) is 7.26. The minimum Gasteiger partial charge on any atom is -0.278 e. The molecule has 2 saturated carbocycles. The minimum absolute atomic E-state index is 0.0408. The molecule has 2 aliphatic carbocycles. The second-order valence-corrected chi connectivity index (χ2v) is 8.64. The summed E-state index contributed by atoms with van der Waals surface area (Å²) in [4.78, 5) is 39.0. The van der Waals surface area contributed by atoms with Gasteiger partial charge in [0.2, 0.25) is 11.8 Å². The fourth-order valence-electron chi connectivity index (χ4n) is 6.09. The quantitative estimate of drug-likeness (QED) is 0.432. The predicted molar refractivity (Wildman–Crippen MR) is 109 cm³/mol. The molecule has 1 saturated heterocycles. The van der Waals surface area contributed by atoms with Gasteiger partial charge in [-0.3, -0.25) is 24.6 Å². The Morgan fingerprint density at radius 1 is 0.968 bits per heavy atom. The minimum atomic E-state index is -0.431. The first-order valence-corrected chi connectivity index (χ1v) is 10.4. The highest BCUT2D eigenvalue weighted by Crippen LogP contribution is 2.60. The molecule has 6 rings (SSSR count). The normalized spacial score (nSPS) is 32.6. The van der Waals surface area contributed by atoms with Crippen molar-refractivity contribution >= 4 is 23.2 Å². The number of rotatable bonds is 4. The first-order chi connectivity index (χ1) is 15.1. The smallest absolute Gasteiger partial charge is 0.278 e. The standard InChI is InChI=1S/C22H19N5O4/c28-21-17-13-10-14(18(17)22(29)25(21)11-12-6-2-1-3-7-12)20-19(13)23-24-26(20)15-8-4-5-9-16(15)27(30)31/h1-9,13-14,17-20H,10-11H2/t13-,14+,17-,18+,19+,20+/m1/s1. The van der Waals surface area contributed by atoms with E-state index >= 15 is 0 Å². The second kappa shape index (κ2) is 6.44. The number of nitrogens with zero attached hydrogens (tertiary/aromatic N) is 5. The molecule has 0 spiro atoms. The first kappa shape index (κ1) is 18.2. The Morgan fingerprint density at radius 3 is 2.39 bits per heavy atom. The molecule has 4 aliphatic rings. The lowest BCUT2D eigenvalue weighted by atomic mass is 9.76. The summed E-state index contributed by atoms with van der Waals surface area (Å²) in [5.74, 6) is -1.20. The van der Waals surface area contributed by atoms with E-state index < -0.39 is 10.8 Å². The third kappa shape index (κ3) is 2.43. The molecule has 156 valence electrons. The summed E-state index contributed by atoms with van der Waals surface area (Å²) < 4.78 is 0. The fraction of sp³-hybridized carbons (Fsp3) is 0.364. The highest BCUT2D eigenvalue weighted by molar-refractivity contribution is 6.06. The van der Waals surface area contributed by atoms with Crippen LogP contribution in [0.3, 0.4) is 0 Å². The molecule has 31 heavy (non-hydrogen) atoms. The molecule has 9 nitrogen and oxygen atoms in total. The van der Waals surface area contributed by atoms with Gasteiger partial charge in [-0.05, 0) is 29.9 Å². The summed E-state index contributed by atoms with van der Waals surface area (Å²) >= 11 is 0. The number of nitro benzene ring substituents is 1. The van der Waals surface area contributed by atoms with Crippen LogP contribution in [-0.4, -0.2) is 33.7 Å². The lowest BCUT2D eigenvalue weighted by Crippen LogP contribution is -2.47. The molecule has 0 N–H and O–H groups in total. The van der Waals surface area contributed by atoms with E-state index in [1.54, 1.807) is 23.2 Å². The number of hydrogen-bond donors (Lipinski definition) is 0. The molecule has 2 aliphatic heterocycles. The maximum Gasteiger partial charge on any atom is 0.294 e. The Hall–Kier alpha value is -3.62. The van der Waals surface area contributed by atoms with Crippen LogP contribution < -0.4 is 5.01 Å². The second-order valence-electron chi connectivity index (χ2n) is 8.64. The van der Waals surface area contributed by atoms with Crippen molar-refractivity contribution in [1.82, 2.24) is 4.90 Å². The fourth-order valence-corrected chi connectivity index (χ4v) is 6.09. The van der Waals surface area contributed by atoms with Crippen LogP contribution in [-0.2, 0) is 16.1 Å². The van der Waals surface area contributed by atoms with Crippen molar-refractivity contribution in [3.05, 3.63) is 70.3 Å².